The van der Waals surface area contributed by atoms with Gasteiger partial charge in [-0.05, 0) is 18.1 Å². The Hall–Kier alpha value is -1.35. The summed E-state index contributed by atoms with van der Waals surface area (Å²) in [6.45, 7) is 2.35. The van der Waals surface area contributed by atoms with E-state index in [1.165, 1.54) is 0 Å². The minimum absolute atomic E-state index is 0.0619. The lowest BCUT2D eigenvalue weighted by molar-refractivity contribution is -0.130. The topological polar surface area (TPSA) is 46.3 Å². The molecule has 0 saturated carbocycles. The van der Waals surface area contributed by atoms with Crippen molar-refractivity contribution >= 4 is 5.91 Å². The molecule has 0 aliphatic heterocycles. The summed E-state index contributed by atoms with van der Waals surface area (Å²) in [4.78, 5) is 13.5. The maximum atomic E-state index is 11.9. The first-order valence-corrected chi connectivity index (χ1v) is 5.04. The first kappa shape index (κ1) is 11.7. The van der Waals surface area contributed by atoms with Gasteiger partial charge in [-0.3, -0.25) is 4.79 Å². The molecule has 82 valence electrons. The molecule has 0 saturated heterocycles. The van der Waals surface area contributed by atoms with Crippen LogP contribution < -0.4 is 5.73 Å². The van der Waals surface area contributed by atoms with E-state index in [9.17, 15) is 4.79 Å². The summed E-state index contributed by atoms with van der Waals surface area (Å²) in [5.41, 5.74) is 7.81. The van der Waals surface area contributed by atoms with Crippen LogP contribution in [0.1, 0.15) is 17.0 Å². The van der Waals surface area contributed by atoms with Crippen molar-refractivity contribution in [1.82, 2.24) is 4.90 Å². The molecule has 0 radical (unpaired) electrons. The van der Waals surface area contributed by atoms with Crippen molar-refractivity contribution in [3.05, 3.63) is 35.4 Å². The highest BCUT2D eigenvalue weighted by Crippen LogP contribution is 2.20. The molecule has 1 rings (SSSR count). The Bertz CT molecular complexity index is 347. The van der Waals surface area contributed by atoms with Gasteiger partial charge >= 0.3 is 0 Å². The summed E-state index contributed by atoms with van der Waals surface area (Å²) in [5, 5.41) is 0. The zero-order valence-electron chi connectivity index (χ0n) is 9.53. The van der Waals surface area contributed by atoms with E-state index < -0.39 is 0 Å². The lowest BCUT2D eigenvalue weighted by atomic mass is 9.94. The highest BCUT2D eigenvalue weighted by molar-refractivity contribution is 5.84. The van der Waals surface area contributed by atoms with Crippen molar-refractivity contribution in [3.8, 4) is 0 Å². The number of likely N-dealkylation sites (N-methyl/N-ethyl adjacent to an activating group) is 1. The number of carbonyl (C=O) groups excluding carboxylic acids is 1. The third-order valence-corrected chi connectivity index (χ3v) is 2.54. The fraction of sp³-hybridized carbons (Fsp3) is 0.417. The normalized spacial score (nSPS) is 12.3. The van der Waals surface area contributed by atoms with Crippen molar-refractivity contribution in [1.29, 1.82) is 0 Å². The van der Waals surface area contributed by atoms with Gasteiger partial charge in [0.05, 0.1) is 5.92 Å². The number of amides is 1. The zero-order valence-corrected chi connectivity index (χ0v) is 9.53. The molecule has 0 spiro atoms. The molecule has 2 N–H and O–H groups in total. The molecule has 0 aliphatic carbocycles. The van der Waals surface area contributed by atoms with Crippen LogP contribution in [0, 0.1) is 6.92 Å². The quantitative estimate of drug-likeness (QED) is 0.805. The highest BCUT2D eigenvalue weighted by atomic mass is 16.2. The van der Waals surface area contributed by atoms with Crippen LogP contribution in [-0.2, 0) is 4.79 Å². The fourth-order valence-corrected chi connectivity index (χ4v) is 1.65. The van der Waals surface area contributed by atoms with E-state index in [4.69, 9.17) is 5.73 Å². The van der Waals surface area contributed by atoms with Gasteiger partial charge in [0.1, 0.15) is 0 Å². The molecule has 0 heterocycles. The predicted octanol–water partition coefficient (Wildman–Crippen LogP) is 1.13. The summed E-state index contributed by atoms with van der Waals surface area (Å²) in [7, 11) is 3.51. The Balaban J connectivity index is 3.03. The van der Waals surface area contributed by atoms with E-state index in [2.05, 4.69) is 0 Å². The molecule has 3 heteroatoms. The molecule has 0 fully saturated rings. The second-order valence-electron chi connectivity index (χ2n) is 3.88. The van der Waals surface area contributed by atoms with E-state index in [0.29, 0.717) is 6.54 Å². The summed E-state index contributed by atoms with van der Waals surface area (Å²) in [6.07, 6.45) is 0. The van der Waals surface area contributed by atoms with E-state index in [1.54, 1.807) is 19.0 Å². The van der Waals surface area contributed by atoms with Gasteiger partial charge in [-0.25, -0.2) is 0 Å². The van der Waals surface area contributed by atoms with Gasteiger partial charge in [-0.15, -0.1) is 0 Å². The fourth-order valence-electron chi connectivity index (χ4n) is 1.65. The van der Waals surface area contributed by atoms with Crippen molar-refractivity contribution in [2.75, 3.05) is 20.6 Å². The molecular weight excluding hydrogens is 188 g/mol. The molecule has 0 aromatic heterocycles. The average Bonchev–Trinajstić information content (AvgIpc) is 2.21. The maximum absolute atomic E-state index is 11.9. The molecular formula is C12H18N2O. The van der Waals surface area contributed by atoms with Crippen molar-refractivity contribution in [2.24, 2.45) is 5.73 Å². The minimum Gasteiger partial charge on any atom is -0.348 e. The number of nitrogens with zero attached hydrogens (tertiary/aromatic N) is 1. The molecule has 15 heavy (non-hydrogen) atoms. The van der Waals surface area contributed by atoms with Crippen LogP contribution in [0.4, 0.5) is 0 Å². The van der Waals surface area contributed by atoms with Crippen molar-refractivity contribution in [2.45, 2.75) is 12.8 Å². The molecule has 0 bridgehead atoms. The summed E-state index contributed by atoms with van der Waals surface area (Å²) in [6, 6.07) is 7.87. The van der Waals surface area contributed by atoms with Crippen LogP contribution in [0.15, 0.2) is 24.3 Å². The lowest BCUT2D eigenvalue weighted by Gasteiger charge is -2.20. The maximum Gasteiger partial charge on any atom is 0.230 e. The highest BCUT2D eigenvalue weighted by Gasteiger charge is 2.21. The number of hydrogen-bond donors (Lipinski definition) is 1. The van der Waals surface area contributed by atoms with Crippen LogP contribution in [0.25, 0.3) is 0 Å². The Morgan fingerprint density at radius 3 is 2.47 bits per heavy atom. The molecule has 1 aromatic rings. The van der Waals surface area contributed by atoms with E-state index in [0.717, 1.165) is 11.1 Å². The van der Waals surface area contributed by atoms with Crippen LogP contribution >= 0.6 is 0 Å². The van der Waals surface area contributed by atoms with E-state index in [-0.39, 0.29) is 11.8 Å². The first-order valence-electron chi connectivity index (χ1n) is 5.04. The van der Waals surface area contributed by atoms with Gasteiger partial charge in [0, 0.05) is 20.6 Å². The van der Waals surface area contributed by atoms with Gasteiger partial charge in [-0.2, -0.15) is 0 Å². The van der Waals surface area contributed by atoms with Crippen LogP contribution in [-0.4, -0.2) is 31.4 Å². The molecule has 0 aliphatic rings. The first-order chi connectivity index (χ1) is 7.07. The predicted molar refractivity (Wildman–Crippen MR) is 61.7 cm³/mol. The van der Waals surface area contributed by atoms with Gasteiger partial charge in [-0.1, -0.05) is 24.3 Å². The number of rotatable bonds is 3. The van der Waals surface area contributed by atoms with E-state index >= 15 is 0 Å². The average molecular weight is 206 g/mol. The van der Waals surface area contributed by atoms with Crippen molar-refractivity contribution in [3.63, 3.8) is 0 Å². The Morgan fingerprint density at radius 2 is 2.00 bits per heavy atom. The number of aryl methyl sites for hydroxylation is 1. The number of nitrogens with two attached hydrogens (primary N) is 1. The molecule has 3 nitrogen and oxygen atoms in total. The van der Waals surface area contributed by atoms with Gasteiger partial charge in [0.2, 0.25) is 5.91 Å². The monoisotopic (exact) mass is 206 g/mol. The third-order valence-electron chi connectivity index (χ3n) is 2.54. The van der Waals surface area contributed by atoms with Crippen LogP contribution in [0.3, 0.4) is 0 Å². The van der Waals surface area contributed by atoms with Crippen LogP contribution in [0.2, 0.25) is 0 Å². The van der Waals surface area contributed by atoms with Gasteiger partial charge < -0.3 is 10.6 Å². The molecule has 1 aromatic carbocycles. The third kappa shape index (κ3) is 2.57. The smallest absolute Gasteiger partial charge is 0.230 e. The zero-order chi connectivity index (χ0) is 11.4. The van der Waals surface area contributed by atoms with Crippen LogP contribution in [0.5, 0.6) is 0 Å². The summed E-state index contributed by atoms with van der Waals surface area (Å²) in [5.74, 6) is -0.159. The molecule has 1 unspecified atom stereocenters. The lowest BCUT2D eigenvalue weighted by Crippen LogP contribution is -2.32. The standard InChI is InChI=1S/C12H18N2O/c1-9-6-4-5-7-10(9)11(8-13)12(15)14(2)3/h4-7,11H,8,13H2,1-3H3. The largest absolute Gasteiger partial charge is 0.348 e. The van der Waals surface area contributed by atoms with Crippen molar-refractivity contribution < 1.29 is 4.79 Å². The number of hydrogen-bond acceptors (Lipinski definition) is 2. The second kappa shape index (κ2) is 4.94. The molecule has 1 atom stereocenters. The van der Waals surface area contributed by atoms with Gasteiger partial charge in [0.25, 0.3) is 0 Å². The minimum atomic E-state index is -0.221. The Morgan fingerprint density at radius 1 is 1.40 bits per heavy atom. The van der Waals surface area contributed by atoms with E-state index in [1.807, 2.05) is 31.2 Å². The van der Waals surface area contributed by atoms with Gasteiger partial charge in [0.15, 0.2) is 0 Å². The SMILES string of the molecule is Cc1ccccc1C(CN)C(=O)N(C)C. The Labute approximate surface area is 90.9 Å². The molecule has 1 amide bonds. The summed E-state index contributed by atoms with van der Waals surface area (Å²) >= 11 is 0. The second-order valence-corrected chi connectivity index (χ2v) is 3.88. The summed E-state index contributed by atoms with van der Waals surface area (Å²) < 4.78 is 0. The number of carbonyl (C=O) groups is 1. The number of benzene rings is 1. The Kier molecular flexibility index (Phi) is 3.86.